The summed E-state index contributed by atoms with van der Waals surface area (Å²) in [7, 11) is -3.08. The first-order valence-corrected chi connectivity index (χ1v) is 8.79. The number of hydrogen-bond acceptors (Lipinski definition) is 4. The number of pyridine rings is 1. The van der Waals surface area contributed by atoms with Gasteiger partial charge in [0.2, 0.25) is 15.9 Å². The minimum atomic E-state index is -3.08. The van der Waals surface area contributed by atoms with Crippen LogP contribution in [-0.4, -0.2) is 43.2 Å². The molecule has 0 bridgehead atoms. The summed E-state index contributed by atoms with van der Waals surface area (Å²) >= 11 is 0. The first kappa shape index (κ1) is 15.3. The van der Waals surface area contributed by atoms with Gasteiger partial charge in [0, 0.05) is 25.4 Å². The van der Waals surface area contributed by atoms with E-state index in [9.17, 15) is 8.42 Å². The second-order valence-electron chi connectivity index (χ2n) is 5.56. The van der Waals surface area contributed by atoms with E-state index < -0.39 is 10.0 Å². The third kappa shape index (κ3) is 3.93. The van der Waals surface area contributed by atoms with Crippen LogP contribution in [0.3, 0.4) is 0 Å². The molecule has 1 aromatic rings. The van der Waals surface area contributed by atoms with Crippen molar-refractivity contribution in [2.75, 3.05) is 19.3 Å². The molecule has 6 heteroatoms. The molecule has 20 heavy (non-hydrogen) atoms. The molecule has 5 nitrogen and oxygen atoms in total. The van der Waals surface area contributed by atoms with E-state index in [2.05, 4.69) is 18.8 Å². The predicted molar refractivity (Wildman–Crippen MR) is 78.4 cm³/mol. The maximum absolute atomic E-state index is 11.4. The van der Waals surface area contributed by atoms with Crippen molar-refractivity contribution in [1.29, 1.82) is 0 Å². The van der Waals surface area contributed by atoms with E-state index in [1.807, 2.05) is 12.1 Å². The normalized spacial score (nSPS) is 18.4. The third-order valence-electron chi connectivity index (χ3n) is 3.58. The highest BCUT2D eigenvalue weighted by molar-refractivity contribution is 7.88. The van der Waals surface area contributed by atoms with E-state index >= 15 is 0 Å². The molecule has 0 spiro atoms. The zero-order valence-electron chi connectivity index (χ0n) is 12.2. The summed E-state index contributed by atoms with van der Waals surface area (Å²) in [4.78, 5) is 4.23. The highest BCUT2D eigenvalue weighted by Gasteiger charge is 2.26. The largest absolute Gasteiger partial charge is 0.474 e. The van der Waals surface area contributed by atoms with Crippen LogP contribution < -0.4 is 4.74 Å². The molecule has 2 rings (SSSR count). The molecule has 1 aliphatic heterocycles. The van der Waals surface area contributed by atoms with Crippen molar-refractivity contribution < 1.29 is 13.2 Å². The van der Waals surface area contributed by atoms with Gasteiger partial charge in [-0.3, -0.25) is 0 Å². The first-order valence-electron chi connectivity index (χ1n) is 6.94. The molecule has 0 radical (unpaired) electrons. The summed E-state index contributed by atoms with van der Waals surface area (Å²) in [5.74, 6) is 1.07. The lowest BCUT2D eigenvalue weighted by Crippen LogP contribution is -2.41. The Morgan fingerprint density at radius 3 is 2.55 bits per heavy atom. The van der Waals surface area contributed by atoms with Crippen molar-refractivity contribution in [3.63, 3.8) is 0 Å². The zero-order valence-corrected chi connectivity index (χ0v) is 13.1. The molecule has 0 unspecified atom stereocenters. The van der Waals surface area contributed by atoms with Crippen molar-refractivity contribution in [3.8, 4) is 5.88 Å². The molecule has 1 aromatic heterocycles. The zero-order chi connectivity index (χ0) is 14.8. The van der Waals surface area contributed by atoms with E-state index in [4.69, 9.17) is 4.74 Å². The van der Waals surface area contributed by atoms with E-state index in [1.165, 1.54) is 16.1 Å². The maximum Gasteiger partial charge on any atom is 0.213 e. The first-order chi connectivity index (χ1) is 9.36. The summed E-state index contributed by atoms with van der Waals surface area (Å²) in [5.41, 5.74) is 1.20. The molecule has 0 amide bonds. The minimum absolute atomic E-state index is 0.0444. The van der Waals surface area contributed by atoms with E-state index in [0.29, 0.717) is 37.7 Å². The van der Waals surface area contributed by atoms with Crippen molar-refractivity contribution >= 4 is 10.0 Å². The Hall–Kier alpha value is -1.14. The Kier molecular flexibility index (Phi) is 4.65. The van der Waals surface area contributed by atoms with E-state index in [1.54, 1.807) is 6.20 Å². The number of nitrogens with zero attached hydrogens (tertiary/aromatic N) is 2. The molecular formula is C14H22N2O3S. The average Bonchev–Trinajstić information content (AvgIpc) is 2.38. The van der Waals surface area contributed by atoms with Crippen LogP contribution in [0.15, 0.2) is 18.3 Å². The van der Waals surface area contributed by atoms with Crippen molar-refractivity contribution in [1.82, 2.24) is 9.29 Å². The Bertz CT molecular complexity index is 549. The fourth-order valence-corrected chi connectivity index (χ4v) is 3.17. The van der Waals surface area contributed by atoms with Crippen molar-refractivity contribution in [3.05, 3.63) is 23.9 Å². The second kappa shape index (κ2) is 6.10. The lowest BCUT2D eigenvalue weighted by Gasteiger charge is -2.30. The number of aromatic nitrogens is 1. The third-order valence-corrected chi connectivity index (χ3v) is 4.89. The van der Waals surface area contributed by atoms with Gasteiger partial charge < -0.3 is 4.74 Å². The molecule has 112 valence electrons. The number of hydrogen-bond donors (Lipinski definition) is 0. The summed E-state index contributed by atoms with van der Waals surface area (Å²) in [6.45, 7) is 5.30. The summed E-state index contributed by atoms with van der Waals surface area (Å²) < 4.78 is 30.3. The quantitative estimate of drug-likeness (QED) is 0.853. The van der Waals surface area contributed by atoms with Crippen molar-refractivity contribution in [2.24, 2.45) is 0 Å². The average molecular weight is 298 g/mol. The SMILES string of the molecule is CC(C)c1ccnc(OC2CCN(S(C)(=O)=O)CC2)c1. The fourth-order valence-electron chi connectivity index (χ4n) is 2.30. The molecule has 0 aliphatic carbocycles. The molecule has 0 aromatic carbocycles. The van der Waals surface area contributed by atoms with Crippen LogP contribution in [0.4, 0.5) is 0 Å². The fraction of sp³-hybridized carbons (Fsp3) is 0.643. The van der Waals surface area contributed by atoms with Gasteiger partial charge in [0.1, 0.15) is 6.10 Å². The monoisotopic (exact) mass is 298 g/mol. The standard InChI is InChI=1S/C14H22N2O3S/c1-11(2)12-4-7-15-14(10-12)19-13-5-8-16(9-6-13)20(3,17)18/h4,7,10-11,13H,5-6,8-9H2,1-3H3. The van der Waals surface area contributed by atoms with Crippen molar-refractivity contribution in [2.45, 2.75) is 38.7 Å². The molecule has 1 fully saturated rings. The Labute approximate surface area is 121 Å². The maximum atomic E-state index is 11.4. The number of rotatable bonds is 4. The lowest BCUT2D eigenvalue weighted by molar-refractivity contribution is 0.130. The van der Waals surface area contributed by atoms with Crippen LogP contribution in [0.1, 0.15) is 38.2 Å². The summed E-state index contributed by atoms with van der Waals surface area (Å²) in [6, 6.07) is 3.96. The molecule has 2 heterocycles. The smallest absolute Gasteiger partial charge is 0.213 e. The van der Waals surface area contributed by atoms with Crippen LogP contribution in [0.25, 0.3) is 0 Å². The van der Waals surface area contributed by atoms with Crippen LogP contribution in [0.5, 0.6) is 5.88 Å². The van der Waals surface area contributed by atoms with Gasteiger partial charge in [-0.2, -0.15) is 0 Å². The second-order valence-corrected chi connectivity index (χ2v) is 7.54. The number of piperidine rings is 1. The van der Waals surface area contributed by atoms with Gasteiger partial charge >= 0.3 is 0 Å². The Morgan fingerprint density at radius 2 is 2.00 bits per heavy atom. The highest BCUT2D eigenvalue weighted by atomic mass is 32.2. The van der Waals surface area contributed by atoms with Gasteiger partial charge in [0.25, 0.3) is 0 Å². The van der Waals surface area contributed by atoms with Gasteiger partial charge in [0.15, 0.2) is 0 Å². The van der Waals surface area contributed by atoms with Gasteiger partial charge in [-0.05, 0) is 30.4 Å². The molecule has 1 saturated heterocycles. The van der Waals surface area contributed by atoms with Gasteiger partial charge in [-0.25, -0.2) is 17.7 Å². The molecule has 1 aliphatic rings. The van der Waals surface area contributed by atoms with Gasteiger partial charge in [-0.1, -0.05) is 13.8 Å². The predicted octanol–water partition coefficient (Wildman–Crippen LogP) is 2.01. The van der Waals surface area contributed by atoms with Crippen LogP contribution in [0.2, 0.25) is 0 Å². The summed E-state index contributed by atoms with van der Waals surface area (Å²) in [5, 5.41) is 0. The van der Waals surface area contributed by atoms with Gasteiger partial charge in [-0.15, -0.1) is 0 Å². The highest BCUT2D eigenvalue weighted by Crippen LogP contribution is 2.22. The molecule has 0 N–H and O–H groups in total. The molecular weight excluding hydrogens is 276 g/mol. The van der Waals surface area contributed by atoms with E-state index in [0.717, 1.165) is 0 Å². The number of ether oxygens (including phenoxy) is 1. The Balaban J connectivity index is 1.94. The minimum Gasteiger partial charge on any atom is -0.474 e. The topological polar surface area (TPSA) is 59.5 Å². The summed E-state index contributed by atoms with van der Waals surface area (Å²) in [6.07, 6.45) is 4.47. The van der Waals surface area contributed by atoms with Crippen LogP contribution in [-0.2, 0) is 10.0 Å². The molecule has 0 saturated carbocycles. The lowest BCUT2D eigenvalue weighted by atomic mass is 10.1. The number of sulfonamides is 1. The van der Waals surface area contributed by atoms with E-state index in [-0.39, 0.29) is 6.10 Å². The molecule has 0 atom stereocenters. The van der Waals surface area contributed by atoms with Crippen LogP contribution in [0, 0.1) is 0 Å². The Morgan fingerprint density at radius 1 is 1.35 bits per heavy atom. The van der Waals surface area contributed by atoms with Crippen LogP contribution >= 0.6 is 0 Å². The van der Waals surface area contributed by atoms with Gasteiger partial charge in [0.05, 0.1) is 6.26 Å².